The first-order valence-electron chi connectivity index (χ1n) is 6.38. The molecule has 1 fully saturated rings. The van der Waals surface area contributed by atoms with Gasteiger partial charge in [0, 0.05) is 19.1 Å². The molecule has 3 rings (SSSR count). The van der Waals surface area contributed by atoms with Crippen molar-refractivity contribution in [3.63, 3.8) is 0 Å². The lowest BCUT2D eigenvalue weighted by atomic mass is 9.97. The molecule has 2 heterocycles. The summed E-state index contributed by atoms with van der Waals surface area (Å²) in [6, 6.07) is 6.07. The first-order valence-corrected chi connectivity index (χ1v) is 6.38. The monoisotopic (exact) mass is 262 g/mol. The van der Waals surface area contributed by atoms with Crippen molar-refractivity contribution >= 4 is 11.6 Å². The number of rotatable bonds is 1. The summed E-state index contributed by atoms with van der Waals surface area (Å²) < 4.78 is 5.41. The summed E-state index contributed by atoms with van der Waals surface area (Å²) in [5.41, 5.74) is 14.3. The van der Waals surface area contributed by atoms with Crippen molar-refractivity contribution < 1.29 is 9.53 Å². The lowest BCUT2D eigenvalue weighted by molar-refractivity contribution is -0.120. The van der Waals surface area contributed by atoms with Gasteiger partial charge < -0.3 is 15.4 Å². The van der Waals surface area contributed by atoms with E-state index in [2.05, 4.69) is 10.9 Å². The third-order valence-electron chi connectivity index (χ3n) is 3.86. The van der Waals surface area contributed by atoms with Gasteiger partial charge in [-0.1, -0.05) is 6.07 Å². The Hall–Kier alpha value is -1.63. The Kier molecular flexibility index (Phi) is 2.93. The molecule has 6 nitrogen and oxygen atoms in total. The lowest BCUT2D eigenvalue weighted by Crippen LogP contribution is -2.36. The van der Waals surface area contributed by atoms with Gasteiger partial charge in [-0.3, -0.25) is 10.2 Å². The van der Waals surface area contributed by atoms with Crippen LogP contribution in [0.1, 0.15) is 18.5 Å². The second-order valence-electron chi connectivity index (χ2n) is 5.10. The Balaban J connectivity index is 1.95. The lowest BCUT2D eigenvalue weighted by Gasteiger charge is -2.27. The molecule has 3 unspecified atom stereocenters. The fourth-order valence-corrected chi connectivity index (χ4v) is 2.49. The van der Waals surface area contributed by atoms with Gasteiger partial charge in [-0.05, 0) is 24.6 Å². The molecule has 0 bridgehead atoms. The molecule has 1 aromatic carbocycles. The Bertz CT molecular complexity index is 519. The predicted molar refractivity (Wildman–Crippen MR) is 71.8 cm³/mol. The largest absolute Gasteiger partial charge is 0.482 e. The molecule has 4 N–H and O–H groups in total. The number of anilines is 1. The normalized spacial score (nSPS) is 30.2. The number of fused-ring (bicyclic) bond motifs is 1. The highest BCUT2D eigenvalue weighted by molar-refractivity contribution is 5.97. The first-order chi connectivity index (χ1) is 9.08. The van der Waals surface area contributed by atoms with Crippen molar-refractivity contribution in [3.8, 4) is 5.75 Å². The zero-order valence-corrected chi connectivity index (χ0v) is 11.0. The Morgan fingerprint density at radius 3 is 2.89 bits per heavy atom. The van der Waals surface area contributed by atoms with Gasteiger partial charge in [0.15, 0.2) is 6.61 Å². The molecular weight excluding hydrogens is 244 g/mol. The Morgan fingerprint density at radius 1 is 1.42 bits per heavy atom. The van der Waals surface area contributed by atoms with E-state index in [-0.39, 0.29) is 30.6 Å². The Labute approximate surface area is 111 Å². The summed E-state index contributed by atoms with van der Waals surface area (Å²) in [7, 11) is 1.76. The van der Waals surface area contributed by atoms with Crippen LogP contribution in [0.4, 0.5) is 5.69 Å². The predicted octanol–water partition coefficient (Wildman–Crippen LogP) is -0.0935. The minimum Gasteiger partial charge on any atom is -0.482 e. The zero-order chi connectivity index (χ0) is 13.6. The summed E-state index contributed by atoms with van der Waals surface area (Å²) in [6.07, 6.45) is 0. The van der Waals surface area contributed by atoms with Gasteiger partial charge in [-0.25, -0.2) is 5.43 Å². The van der Waals surface area contributed by atoms with Crippen molar-refractivity contribution in [2.75, 3.05) is 18.6 Å². The second-order valence-corrected chi connectivity index (χ2v) is 5.10. The quantitative estimate of drug-likeness (QED) is 0.659. The molecule has 2 aliphatic heterocycles. The van der Waals surface area contributed by atoms with Crippen LogP contribution in [0.2, 0.25) is 0 Å². The Morgan fingerprint density at radius 2 is 2.21 bits per heavy atom. The van der Waals surface area contributed by atoms with Crippen LogP contribution in [-0.4, -0.2) is 31.6 Å². The third-order valence-corrected chi connectivity index (χ3v) is 3.86. The zero-order valence-electron chi connectivity index (χ0n) is 11.0. The minimum absolute atomic E-state index is 0.0106. The number of benzene rings is 1. The van der Waals surface area contributed by atoms with Gasteiger partial charge in [0.05, 0.1) is 11.7 Å². The molecule has 102 valence electrons. The van der Waals surface area contributed by atoms with Crippen LogP contribution in [-0.2, 0) is 4.79 Å². The van der Waals surface area contributed by atoms with E-state index in [9.17, 15) is 4.79 Å². The number of hydrogen-bond donors (Lipinski definition) is 3. The van der Waals surface area contributed by atoms with E-state index in [1.807, 2.05) is 25.1 Å². The molecule has 1 amide bonds. The van der Waals surface area contributed by atoms with Crippen molar-refractivity contribution in [1.82, 2.24) is 10.9 Å². The number of nitrogens with zero attached hydrogens (tertiary/aromatic N) is 1. The molecule has 19 heavy (non-hydrogen) atoms. The first kappa shape index (κ1) is 12.4. The molecule has 0 spiro atoms. The van der Waals surface area contributed by atoms with E-state index in [4.69, 9.17) is 10.5 Å². The summed E-state index contributed by atoms with van der Waals surface area (Å²) in [6.45, 7) is 2.14. The highest BCUT2D eigenvalue weighted by atomic mass is 16.5. The van der Waals surface area contributed by atoms with Crippen LogP contribution in [0.3, 0.4) is 0 Å². The number of ether oxygens (including phenoxy) is 1. The molecule has 0 radical (unpaired) electrons. The van der Waals surface area contributed by atoms with Crippen molar-refractivity contribution in [3.05, 3.63) is 23.8 Å². The number of hydrazine groups is 1. The molecule has 1 saturated heterocycles. The molecule has 3 atom stereocenters. The van der Waals surface area contributed by atoms with Crippen LogP contribution in [0.15, 0.2) is 18.2 Å². The number of hydrogen-bond acceptors (Lipinski definition) is 5. The average Bonchev–Trinajstić information content (AvgIpc) is 2.74. The SMILES string of the molecule is CC1NNC(c2ccc3c(c2)N(C)C(=O)CO3)C1N. The van der Waals surface area contributed by atoms with Crippen LogP contribution in [0, 0.1) is 0 Å². The van der Waals surface area contributed by atoms with E-state index < -0.39 is 0 Å². The van der Waals surface area contributed by atoms with Gasteiger partial charge >= 0.3 is 0 Å². The molecular formula is C13H18N4O2. The van der Waals surface area contributed by atoms with Crippen LogP contribution in [0.25, 0.3) is 0 Å². The van der Waals surface area contributed by atoms with Gasteiger partial charge in [-0.2, -0.15) is 0 Å². The molecule has 0 aliphatic carbocycles. The summed E-state index contributed by atoms with van der Waals surface area (Å²) >= 11 is 0. The summed E-state index contributed by atoms with van der Waals surface area (Å²) in [4.78, 5) is 13.3. The number of amides is 1. The van der Waals surface area contributed by atoms with Crippen molar-refractivity contribution in [1.29, 1.82) is 0 Å². The maximum atomic E-state index is 11.7. The van der Waals surface area contributed by atoms with E-state index in [1.165, 1.54) is 0 Å². The van der Waals surface area contributed by atoms with E-state index in [0.717, 1.165) is 17.0 Å². The van der Waals surface area contributed by atoms with Gasteiger partial charge in [-0.15, -0.1) is 0 Å². The maximum absolute atomic E-state index is 11.7. The second kappa shape index (κ2) is 4.48. The third kappa shape index (κ3) is 1.98. The highest BCUT2D eigenvalue weighted by Gasteiger charge is 2.32. The van der Waals surface area contributed by atoms with Crippen molar-refractivity contribution in [2.24, 2.45) is 5.73 Å². The van der Waals surface area contributed by atoms with E-state index in [1.54, 1.807) is 11.9 Å². The van der Waals surface area contributed by atoms with E-state index >= 15 is 0 Å². The number of likely N-dealkylation sites (N-methyl/N-ethyl adjacent to an activating group) is 1. The molecule has 0 aromatic heterocycles. The fraction of sp³-hybridized carbons (Fsp3) is 0.462. The fourth-order valence-electron chi connectivity index (χ4n) is 2.49. The molecule has 0 saturated carbocycles. The smallest absolute Gasteiger partial charge is 0.264 e. The summed E-state index contributed by atoms with van der Waals surface area (Å²) in [5.74, 6) is 0.693. The standard InChI is InChI=1S/C13H18N4O2/c1-7-12(14)13(16-15-7)8-3-4-10-9(5-8)17(2)11(18)6-19-10/h3-5,7,12-13,15-16H,6,14H2,1-2H3. The summed E-state index contributed by atoms with van der Waals surface area (Å²) in [5, 5.41) is 0. The highest BCUT2D eigenvalue weighted by Crippen LogP contribution is 2.34. The number of carbonyl (C=O) groups excluding carboxylic acids is 1. The number of nitrogens with one attached hydrogen (secondary N) is 2. The van der Waals surface area contributed by atoms with Crippen LogP contribution < -0.4 is 26.2 Å². The van der Waals surface area contributed by atoms with Crippen LogP contribution >= 0.6 is 0 Å². The number of carbonyl (C=O) groups is 1. The van der Waals surface area contributed by atoms with Gasteiger partial charge in [0.2, 0.25) is 0 Å². The minimum atomic E-state index is -0.0418. The van der Waals surface area contributed by atoms with E-state index in [0.29, 0.717) is 0 Å². The van der Waals surface area contributed by atoms with Gasteiger partial charge in [0.1, 0.15) is 5.75 Å². The maximum Gasteiger partial charge on any atom is 0.264 e. The van der Waals surface area contributed by atoms with Crippen LogP contribution in [0.5, 0.6) is 5.75 Å². The number of nitrogens with two attached hydrogens (primary N) is 1. The van der Waals surface area contributed by atoms with Crippen molar-refractivity contribution in [2.45, 2.75) is 25.0 Å². The molecule has 2 aliphatic rings. The topological polar surface area (TPSA) is 79.6 Å². The molecule has 6 heteroatoms. The van der Waals surface area contributed by atoms with Gasteiger partial charge in [0.25, 0.3) is 5.91 Å². The average molecular weight is 262 g/mol. The molecule has 1 aromatic rings.